The van der Waals surface area contributed by atoms with Crippen molar-refractivity contribution in [3.05, 3.63) is 71.6 Å². The first-order chi connectivity index (χ1) is 30.8. The molecule has 0 bridgehead atoms. The molecule has 2 N–H and O–H groups in total. The third-order valence-corrected chi connectivity index (χ3v) is 13.5. The first kappa shape index (κ1) is 55.5. The summed E-state index contributed by atoms with van der Waals surface area (Å²) in [6, 6.07) is -1.15. The van der Waals surface area contributed by atoms with E-state index in [1.54, 1.807) is 42.1 Å². The molecule has 12 unspecified atom stereocenters. The number of piperidine rings is 1. The Balaban J connectivity index is 1.75. The Morgan fingerprint density at radius 2 is 1.66 bits per heavy atom. The fraction of sp³-hybridized carbons (Fsp3) is 0.673. The van der Waals surface area contributed by atoms with Crippen LogP contribution in [0.3, 0.4) is 0 Å². The summed E-state index contributed by atoms with van der Waals surface area (Å²) in [6.45, 7) is 17.8. The second-order valence-electron chi connectivity index (χ2n) is 18.9. The van der Waals surface area contributed by atoms with E-state index in [1.165, 1.54) is 17.1 Å². The summed E-state index contributed by atoms with van der Waals surface area (Å²) < 4.78 is 28.8. The first-order valence-corrected chi connectivity index (χ1v) is 23.6. The molecule has 0 aromatic heterocycles. The quantitative estimate of drug-likeness (QED) is 0.0184. The number of Topliss-reactive ketones (excluding diaryl/α,β-unsaturated/α-hetero) is 1. The van der Waals surface area contributed by atoms with E-state index in [-0.39, 0.29) is 42.6 Å². The second kappa shape index (κ2) is 27.1. The van der Waals surface area contributed by atoms with E-state index in [0.717, 1.165) is 24.0 Å². The van der Waals surface area contributed by atoms with Gasteiger partial charge in [0.25, 0.3) is 11.7 Å². The molecule has 1 amide bonds. The molecular formula is C52H79NO12. The van der Waals surface area contributed by atoms with Gasteiger partial charge in [-0.3, -0.25) is 19.2 Å². The highest BCUT2D eigenvalue weighted by atomic mass is 16.6. The van der Waals surface area contributed by atoms with Gasteiger partial charge in [-0.05, 0) is 113 Å². The number of amides is 1. The van der Waals surface area contributed by atoms with Crippen molar-refractivity contribution in [3.63, 3.8) is 0 Å². The summed E-state index contributed by atoms with van der Waals surface area (Å²) in [7, 11) is 4.83. The molecule has 3 fully saturated rings. The van der Waals surface area contributed by atoms with Crippen molar-refractivity contribution < 1.29 is 57.9 Å². The van der Waals surface area contributed by atoms with Gasteiger partial charge < -0.3 is 38.8 Å². The number of likely N-dealkylation sites (tertiary alicyclic amines) is 1. The summed E-state index contributed by atoms with van der Waals surface area (Å²) in [6.07, 6.45) is 17.6. The number of hydrogen-bond acceptors (Lipinski definition) is 12. The van der Waals surface area contributed by atoms with Crippen LogP contribution in [0.2, 0.25) is 0 Å². The third kappa shape index (κ3) is 16.5. The fourth-order valence-corrected chi connectivity index (χ4v) is 9.20. The fourth-order valence-electron chi connectivity index (χ4n) is 9.20. The van der Waals surface area contributed by atoms with Crippen molar-refractivity contribution in [2.45, 2.75) is 155 Å². The van der Waals surface area contributed by atoms with E-state index in [1.807, 2.05) is 38.2 Å². The zero-order valence-electron chi connectivity index (χ0n) is 40.8. The normalized spacial score (nSPS) is 28.4. The van der Waals surface area contributed by atoms with Crippen LogP contribution in [0, 0.1) is 35.5 Å². The van der Waals surface area contributed by atoms with Gasteiger partial charge in [0.1, 0.15) is 18.1 Å². The standard InChI is InChI=1S/C52H79NO12/c1-33(25-36(4)39(7)32-61-9)17-13-12-14-18-35(3)46(62-10)29-42-22-20-40(8)52(60,65-42)49(57)50(58)53-24-16-15-19-43(53)51(59)64-47(30-45(56)37(5)26-34(2)31-54)38(6)27-41-21-23-44(55)48(28-41)63-11/h12-14,17-18,26,30-31,33,36-38,40-44,46,48,55,60H,7,15-16,19-25,27-29,32H2,1-6,8-11H3/b14-12+,17-13+,34-26+,35-18+,47-30?. The Kier molecular flexibility index (Phi) is 23.1. The number of rotatable bonds is 24. The molecule has 13 heteroatoms. The predicted octanol–water partition coefficient (Wildman–Crippen LogP) is 7.75. The molecule has 2 heterocycles. The maximum absolute atomic E-state index is 14.2. The van der Waals surface area contributed by atoms with Gasteiger partial charge in [-0.1, -0.05) is 77.7 Å². The topological polar surface area (TPSA) is 175 Å². The molecule has 12 atom stereocenters. The lowest BCUT2D eigenvalue weighted by molar-refractivity contribution is -0.265. The lowest BCUT2D eigenvalue weighted by Crippen LogP contribution is -2.60. The monoisotopic (exact) mass is 910 g/mol. The largest absolute Gasteiger partial charge is 0.429 e. The van der Waals surface area contributed by atoms with Crippen LogP contribution in [-0.4, -0.2) is 116 Å². The summed E-state index contributed by atoms with van der Waals surface area (Å²) in [5, 5.41) is 22.3. The van der Waals surface area contributed by atoms with Gasteiger partial charge in [0.15, 0.2) is 5.78 Å². The number of hydrogen-bond donors (Lipinski definition) is 2. The molecule has 0 aromatic carbocycles. The Morgan fingerprint density at radius 3 is 2.32 bits per heavy atom. The molecule has 0 aromatic rings. The van der Waals surface area contributed by atoms with Gasteiger partial charge in [0.05, 0.1) is 31.0 Å². The van der Waals surface area contributed by atoms with Crippen LogP contribution in [0.5, 0.6) is 0 Å². The van der Waals surface area contributed by atoms with E-state index < -0.39 is 59.5 Å². The van der Waals surface area contributed by atoms with E-state index >= 15 is 0 Å². The minimum Gasteiger partial charge on any atom is -0.429 e. The number of aldehydes is 1. The molecule has 3 aliphatic rings. The number of aliphatic hydroxyl groups excluding tert-OH is 1. The van der Waals surface area contributed by atoms with E-state index in [0.29, 0.717) is 81.7 Å². The summed E-state index contributed by atoms with van der Waals surface area (Å²) in [4.78, 5) is 68.4. The average molecular weight is 910 g/mol. The molecule has 13 nitrogen and oxygen atoms in total. The molecular weight excluding hydrogens is 831 g/mol. The number of aliphatic hydroxyl groups is 2. The van der Waals surface area contributed by atoms with Crippen LogP contribution in [-0.2, 0) is 47.7 Å². The van der Waals surface area contributed by atoms with E-state index in [4.69, 9.17) is 23.7 Å². The molecule has 3 rings (SSSR count). The zero-order valence-corrected chi connectivity index (χ0v) is 40.8. The smallest absolute Gasteiger partial charge is 0.333 e. The van der Waals surface area contributed by atoms with Gasteiger partial charge in [0.2, 0.25) is 5.79 Å². The third-order valence-electron chi connectivity index (χ3n) is 13.5. The maximum Gasteiger partial charge on any atom is 0.333 e. The van der Waals surface area contributed by atoms with Crippen molar-refractivity contribution >= 4 is 29.7 Å². The summed E-state index contributed by atoms with van der Waals surface area (Å²) >= 11 is 0. The van der Waals surface area contributed by atoms with Gasteiger partial charge >= 0.3 is 5.97 Å². The lowest BCUT2D eigenvalue weighted by Gasteiger charge is -2.42. The second-order valence-corrected chi connectivity index (χ2v) is 18.9. The first-order valence-electron chi connectivity index (χ1n) is 23.6. The Bertz CT molecular complexity index is 1780. The van der Waals surface area contributed by atoms with Crippen LogP contribution in [0.1, 0.15) is 119 Å². The van der Waals surface area contributed by atoms with Crippen molar-refractivity contribution in [3.8, 4) is 0 Å². The number of carbonyl (C=O) groups excluding carboxylic acids is 5. The van der Waals surface area contributed by atoms with Crippen LogP contribution in [0.25, 0.3) is 0 Å². The van der Waals surface area contributed by atoms with Crippen molar-refractivity contribution in [1.82, 2.24) is 4.90 Å². The minimum atomic E-state index is -2.43. The molecule has 0 spiro atoms. The number of nitrogens with zero attached hydrogens (tertiary/aromatic N) is 1. The number of allylic oxidation sites excluding steroid dienone is 9. The molecule has 2 aliphatic heterocycles. The molecule has 65 heavy (non-hydrogen) atoms. The van der Waals surface area contributed by atoms with Crippen molar-refractivity contribution in [2.75, 3.05) is 34.5 Å². The van der Waals surface area contributed by atoms with Crippen LogP contribution in [0.4, 0.5) is 0 Å². The highest BCUT2D eigenvalue weighted by molar-refractivity contribution is 6.39. The molecule has 2 saturated heterocycles. The highest BCUT2D eigenvalue weighted by Crippen LogP contribution is 2.37. The predicted molar refractivity (Wildman–Crippen MR) is 250 cm³/mol. The zero-order chi connectivity index (χ0) is 48.4. The SMILES string of the molecule is C=C(COC)C(C)CC(C)/C=C/C=C/C=C(\C)C(CC1CCC(C)C(O)(C(=O)C(=O)N2CCCCC2C(=O)OC(=CC(=O)C(C)/C=C(\C)C=O)C(C)CC2CCC(O)C(OC)C2)O1)OC. The number of ether oxygens (including phenoxy) is 5. The molecule has 364 valence electrons. The van der Waals surface area contributed by atoms with Gasteiger partial charge in [0, 0.05) is 58.1 Å². The average Bonchev–Trinajstić information content (AvgIpc) is 3.28. The van der Waals surface area contributed by atoms with Gasteiger partial charge in [-0.25, -0.2) is 4.79 Å². The van der Waals surface area contributed by atoms with Crippen LogP contribution in [0.15, 0.2) is 71.6 Å². The molecule has 0 radical (unpaired) electrons. The maximum atomic E-state index is 14.2. The highest BCUT2D eigenvalue weighted by Gasteiger charge is 2.53. The van der Waals surface area contributed by atoms with Crippen molar-refractivity contribution in [2.24, 2.45) is 35.5 Å². The summed E-state index contributed by atoms with van der Waals surface area (Å²) in [5.41, 5.74) is 2.38. The Hall–Kier alpha value is -3.85. The van der Waals surface area contributed by atoms with Crippen LogP contribution >= 0.6 is 0 Å². The Labute approximate surface area is 388 Å². The lowest BCUT2D eigenvalue weighted by atomic mass is 9.80. The van der Waals surface area contributed by atoms with Crippen LogP contribution < -0.4 is 0 Å². The number of esters is 1. The number of ketones is 2. The minimum absolute atomic E-state index is 0.0853. The molecule has 1 aliphatic carbocycles. The number of carbonyl (C=O) groups is 5. The molecule has 1 saturated carbocycles. The van der Waals surface area contributed by atoms with Crippen molar-refractivity contribution in [1.29, 1.82) is 0 Å². The van der Waals surface area contributed by atoms with Gasteiger partial charge in [-0.2, -0.15) is 0 Å². The Morgan fingerprint density at radius 1 is 0.938 bits per heavy atom. The van der Waals surface area contributed by atoms with E-state index in [2.05, 4.69) is 26.5 Å². The van der Waals surface area contributed by atoms with E-state index in [9.17, 15) is 34.2 Å². The number of methoxy groups -OCH3 is 3. The summed E-state index contributed by atoms with van der Waals surface area (Å²) in [5.74, 6) is -6.65. The van der Waals surface area contributed by atoms with Gasteiger partial charge in [-0.15, -0.1) is 0 Å².